The summed E-state index contributed by atoms with van der Waals surface area (Å²) in [6.07, 6.45) is -0.107. The first-order chi connectivity index (χ1) is 15.9. The minimum absolute atomic E-state index is 0.0851. The van der Waals surface area contributed by atoms with Gasteiger partial charge in [0.25, 0.3) is 5.89 Å². The van der Waals surface area contributed by atoms with Gasteiger partial charge in [0, 0.05) is 0 Å². The second-order valence-corrected chi connectivity index (χ2v) is 7.67. The molecule has 33 heavy (non-hydrogen) atoms. The lowest BCUT2D eigenvalue weighted by atomic mass is 10.0. The van der Waals surface area contributed by atoms with E-state index >= 15 is 0 Å². The minimum Gasteiger partial charge on any atom is -0.495 e. The Morgan fingerprint density at radius 1 is 1.12 bits per heavy atom. The van der Waals surface area contributed by atoms with Crippen LogP contribution in [0.4, 0.5) is 5.69 Å². The van der Waals surface area contributed by atoms with Gasteiger partial charge in [-0.2, -0.15) is 4.98 Å². The number of carbonyl (C=O) groups excluding carboxylic acids is 2. The molecule has 0 saturated carbocycles. The number of anilines is 1. The van der Waals surface area contributed by atoms with Gasteiger partial charge in [-0.05, 0) is 42.2 Å². The average molecular weight is 453 g/mol. The summed E-state index contributed by atoms with van der Waals surface area (Å²) in [7, 11) is 1.52. The van der Waals surface area contributed by atoms with Crippen LogP contribution in [-0.2, 0) is 27.4 Å². The van der Waals surface area contributed by atoms with Crippen molar-refractivity contribution in [2.24, 2.45) is 0 Å². The van der Waals surface area contributed by atoms with E-state index in [9.17, 15) is 9.59 Å². The fraction of sp³-hybridized carbons (Fsp3) is 0.333. The van der Waals surface area contributed by atoms with E-state index in [2.05, 4.69) is 29.3 Å². The molecule has 3 rings (SSSR count). The number of esters is 1. The maximum atomic E-state index is 12.3. The lowest BCUT2D eigenvalue weighted by molar-refractivity contribution is -0.148. The minimum atomic E-state index is -0.570. The molecule has 0 fully saturated rings. The predicted molar refractivity (Wildman–Crippen MR) is 120 cm³/mol. The summed E-state index contributed by atoms with van der Waals surface area (Å²) in [4.78, 5) is 28.4. The van der Waals surface area contributed by atoms with Gasteiger partial charge in [-0.25, -0.2) is 4.79 Å². The van der Waals surface area contributed by atoms with Crippen molar-refractivity contribution in [2.45, 2.75) is 39.7 Å². The molecule has 0 spiro atoms. The molecule has 174 valence electrons. The van der Waals surface area contributed by atoms with Gasteiger partial charge >= 0.3 is 5.97 Å². The van der Waals surface area contributed by atoms with E-state index in [1.807, 2.05) is 25.1 Å². The third kappa shape index (κ3) is 6.80. The molecule has 1 amide bonds. The van der Waals surface area contributed by atoms with Crippen molar-refractivity contribution in [3.8, 4) is 11.5 Å². The number of nitrogens with zero attached hydrogens (tertiary/aromatic N) is 2. The highest BCUT2D eigenvalue weighted by atomic mass is 16.6. The Hall–Kier alpha value is -3.88. The maximum Gasteiger partial charge on any atom is 0.344 e. The predicted octanol–water partition coefficient (Wildman–Crippen LogP) is 3.81. The number of aromatic nitrogens is 2. The van der Waals surface area contributed by atoms with Crippen LogP contribution >= 0.6 is 0 Å². The van der Waals surface area contributed by atoms with Crippen LogP contribution in [0.3, 0.4) is 0 Å². The van der Waals surface area contributed by atoms with Crippen molar-refractivity contribution in [2.75, 3.05) is 19.0 Å². The second kappa shape index (κ2) is 11.1. The molecule has 2 aromatic carbocycles. The van der Waals surface area contributed by atoms with Crippen LogP contribution in [0.5, 0.6) is 11.5 Å². The van der Waals surface area contributed by atoms with Crippen molar-refractivity contribution in [3.05, 3.63) is 65.3 Å². The summed E-state index contributed by atoms with van der Waals surface area (Å²) < 4.78 is 21.1. The van der Waals surface area contributed by atoms with Crippen molar-refractivity contribution in [1.29, 1.82) is 0 Å². The first kappa shape index (κ1) is 23.8. The monoisotopic (exact) mass is 453 g/mol. The number of carbonyl (C=O) groups is 2. The van der Waals surface area contributed by atoms with E-state index in [1.165, 1.54) is 7.11 Å². The zero-order valence-electron chi connectivity index (χ0n) is 19.1. The molecule has 0 atom stereocenters. The number of nitrogens with one attached hydrogen (secondary N) is 1. The van der Waals surface area contributed by atoms with E-state index in [0.29, 0.717) is 17.2 Å². The van der Waals surface area contributed by atoms with Gasteiger partial charge in [-0.15, -0.1) is 0 Å². The average Bonchev–Trinajstić information content (AvgIpc) is 3.23. The standard InChI is InChI=1S/C24H27N3O6/c1-15(2)17-10-9-16(3)11-20(17)31-14-24(29)32-13-23-26-21(27-33-23)12-22(28)25-18-7-5-6-8-19(18)30-4/h5-11,15H,12-14H2,1-4H3,(H,25,28). The van der Waals surface area contributed by atoms with Crippen LogP contribution < -0.4 is 14.8 Å². The molecule has 0 radical (unpaired) electrons. The lowest BCUT2D eigenvalue weighted by Crippen LogP contribution is -2.16. The number of hydrogen-bond donors (Lipinski definition) is 1. The molecule has 0 aliphatic carbocycles. The number of rotatable bonds is 10. The highest BCUT2D eigenvalue weighted by Crippen LogP contribution is 2.27. The second-order valence-electron chi connectivity index (χ2n) is 7.67. The fourth-order valence-electron chi connectivity index (χ4n) is 3.07. The first-order valence-corrected chi connectivity index (χ1v) is 10.5. The Morgan fingerprint density at radius 2 is 1.91 bits per heavy atom. The summed E-state index contributed by atoms with van der Waals surface area (Å²) in [6.45, 7) is 5.61. The van der Waals surface area contributed by atoms with Gasteiger partial charge < -0.3 is 24.1 Å². The molecule has 9 heteroatoms. The summed E-state index contributed by atoms with van der Waals surface area (Å²) >= 11 is 0. The van der Waals surface area contributed by atoms with Crippen LogP contribution in [0.1, 0.15) is 42.6 Å². The Kier molecular flexibility index (Phi) is 8.01. The quantitative estimate of drug-likeness (QED) is 0.461. The molecule has 0 saturated heterocycles. The van der Waals surface area contributed by atoms with E-state index in [-0.39, 0.29) is 43.2 Å². The Balaban J connectivity index is 1.47. The van der Waals surface area contributed by atoms with Crippen molar-refractivity contribution in [3.63, 3.8) is 0 Å². The molecule has 1 heterocycles. The highest BCUT2D eigenvalue weighted by Gasteiger charge is 2.15. The first-order valence-electron chi connectivity index (χ1n) is 10.5. The number of benzene rings is 2. The fourth-order valence-corrected chi connectivity index (χ4v) is 3.07. The summed E-state index contributed by atoms with van der Waals surface area (Å²) in [5.74, 6) is 0.806. The largest absolute Gasteiger partial charge is 0.495 e. The Labute approximate surface area is 192 Å². The van der Waals surface area contributed by atoms with Gasteiger partial charge in [0.1, 0.15) is 11.5 Å². The van der Waals surface area contributed by atoms with E-state index in [0.717, 1.165) is 11.1 Å². The van der Waals surface area contributed by atoms with Gasteiger partial charge in [0.2, 0.25) is 5.91 Å². The van der Waals surface area contributed by atoms with Crippen LogP contribution in [0.25, 0.3) is 0 Å². The molecule has 0 aliphatic rings. The van der Waals surface area contributed by atoms with Crippen molar-refractivity contribution < 1.29 is 28.3 Å². The van der Waals surface area contributed by atoms with E-state index in [1.54, 1.807) is 24.3 Å². The Bertz CT molecular complexity index is 1110. The van der Waals surface area contributed by atoms with Crippen LogP contribution in [0.2, 0.25) is 0 Å². The van der Waals surface area contributed by atoms with E-state index in [4.69, 9.17) is 18.7 Å². The zero-order valence-corrected chi connectivity index (χ0v) is 19.1. The van der Waals surface area contributed by atoms with Crippen molar-refractivity contribution >= 4 is 17.6 Å². The summed E-state index contributed by atoms with van der Waals surface area (Å²) in [5, 5.41) is 6.48. The Morgan fingerprint density at radius 3 is 2.67 bits per heavy atom. The van der Waals surface area contributed by atoms with Gasteiger partial charge in [-0.3, -0.25) is 4.79 Å². The summed E-state index contributed by atoms with van der Waals surface area (Å²) in [6, 6.07) is 12.9. The number of aryl methyl sites for hydroxylation is 1. The molecule has 9 nitrogen and oxygen atoms in total. The number of methoxy groups -OCH3 is 1. The van der Waals surface area contributed by atoms with Crippen LogP contribution in [0, 0.1) is 6.92 Å². The van der Waals surface area contributed by atoms with Crippen LogP contribution in [0.15, 0.2) is 47.0 Å². The van der Waals surface area contributed by atoms with Crippen LogP contribution in [-0.4, -0.2) is 35.7 Å². The molecule has 0 bridgehead atoms. The summed E-state index contributed by atoms with van der Waals surface area (Å²) in [5.41, 5.74) is 2.59. The smallest absolute Gasteiger partial charge is 0.344 e. The normalized spacial score (nSPS) is 10.7. The highest BCUT2D eigenvalue weighted by molar-refractivity contribution is 5.93. The molecular weight excluding hydrogens is 426 g/mol. The van der Waals surface area contributed by atoms with Gasteiger partial charge in [0.15, 0.2) is 19.0 Å². The molecule has 1 aromatic heterocycles. The number of para-hydroxylation sites is 2. The third-order valence-corrected chi connectivity index (χ3v) is 4.70. The van der Waals surface area contributed by atoms with E-state index < -0.39 is 5.97 Å². The molecule has 1 N–H and O–H groups in total. The topological polar surface area (TPSA) is 113 Å². The molecule has 3 aromatic rings. The SMILES string of the molecule is COc1ccccc1NC(=O)Cc1noc(COC(=O)COc2cc(C)ccc2C(C)C)n1. The molecule has 0 aliphatic heterocycles. The maximum absolute atomic E-state index is 12.3. The number of ether oxygens (including phenoxy) is 3. The molecule has 0 unspecified atom stereocenters. The zero-order chi connectivity index (χ0) is 23.8. The lowest BCUT2D eigenvalue weighted by Gasteiger charge is -2.14. The number of hydrogen-bond acceptors (Lipinski definition) is 8. The van der Waals surface area contributed by atoms with Gasteiger partial charge in [0.05, 0.1) is 19.2 Å². The van der Waals surface area contributed by atoms with Gasteiger partial charge in [-0.1, -0.05) is 43.3 Å². The molecular formula is C24H27N3O6. The third-order valence-electron chi connectivity index (χ3n) is 4.70. The van der Waals surface area contributed by atoms with Crippen molar-refractivity contribution in [1.82, 2.24) is 10.1 Å². The number of amides is 1.